The van der Waals surface area contributed by atoms with Crippen molar-refractivity contribution in [2.45, 2.75) is 69.8 Å². The summed E-state index contributed by atoms with van der Waals surface area (Å²) in [4.78, 5) is 7.37. The Bertz CT molecular complexity index is 2080. The van der Waals surface area contributed by atoms with E-state index in [1.807, 2.05) is 96.8 Å². The van der Waals surface area contributed by atoms with E-state index in [1.165, 1.54) is 0 Å². The minimum Gasteiger partial charge on any atom is -0.401 e. The summed E-state index contributed by atoms with van der Waals surface area (Å²) >= 11 is 0. The Morgan fingerprint density at radius 3 is 2.18 bits per heavy atom. The molecular formula is C45H50F4N4OSi. The Labute approximate surface area is 323 Å². The highest BCUT2D eigenvalue weighted by atomic mass is 28.4. The van der Waals surface area contributed by atoms with Crippen LogP contribution in [0.2, 0.25) is 5.04 Å². The van der Waals surface area contributed by atoms with Gasteiger partial charge in [-0.05, 0) is 64.0 Å². The van der Waals surface area contributed by atoms with Crippen LogP contribution in [0.4, 0.5) is 17.6 Å². The van der Waals surface area contributed by atoms with Crippen molar-refractivity contribution in [2.24, 2.45) is 5.92 Å². The summed E-state index contributed by atoms with van der Waals surface area (Å²) in [5.74, 6) is -3.53. The number of hydrogen-bond acceptors (Lipinski definition) is 4. The molecule has 7 rings (SSSR count). The molecule has 4 aromatic carbocycles. The zero-order valence-corrected chi connectivity index (χ0v) is 33.0. The first kappa shape index (κ1) is 39.0. The largest absolute Gasteiger partial charge is 0.401 e. The van der Waals surface area contributed by atoms with E-state index in [-0.39, 0.29) is 17.5 Å². The van der Waals surface area contributed by atoms with Crippen LogP contribution in [0.15, 0.2) is 103 Å². The minimum atomic E-state index is -3.28. The van der Waals surface area contributed by atoms with E-state index in [0.717, 1.165) is 32.5 Å². The van der Waals surface area contributed by atoms with Gasteiger partial charge in [-0.2, -0.15) is 5.26 Å². The van der Waals surface area contributed by atoms with Gasteiger partial charge in [0.05, 0.1) is 37.5 Å². The van der Waals surface area contributed by atoms with Gasteiger partial charge in [-0.1, -0.05) is 112 Å². The van der Waals surface area contributed by atoms with E-state index >= 15 is 13.2 Å². The summed E-state index contributed by atoms with van der Waals surface area (Å²) in [6.07, 6.45) is -0.335. The highest BCUT2D eigenvalue weighted by Crippen LogP contribution is 2.45. The molecule has 3 atom stereocenters. The first-order valence-corrected chi connectivity index (χ1v) is 21.2. The Morgan fingerprint density at radius 1 is 0.927 bits per heavy atom. The van der Waals surface area contributed by atoms with Crippen molar-refractivity contribution in [3.8, 4) is 6.07 Å². The summed E-state index contributed by atoms with van der Waals surface area (Å²) in [6.45, 7) is 8.03. The average molecular weight is 767 g/mol. The third kappa shape index (κ3) is 7.52. The van der Waals surface area contributed by atoms with E-state index in [2.05, 4.69) is 31.8 Å². The molecule has 1 saturated heterocycles. The molecule has 5 aromatic rings. The highest BCUT2D eigenvalue weighted by Gasteiger charge is 2.52. The second kappa shape index (κ2) is 15.7. The van der Waals surface area contributed by atoms with Crippen LogP contribution in [-0.4, -0.2) is 74.5 Å². The number of H-pyrrole nitrogens is 1. The standard InChI is InChI=1S/C45H50F4N4OSi/c1-31-24-39-38-18-11-12-19-40(38)51-42(39)43(37-21-20-32(25-33(37)26-50)41(47)34-27-52(28-34)23-13-22-46)53(31)29-45(48,49)30-54-55(44(2,3)4,35-14-7-5-8-15-35)36-16-9-6-10-17-36/h5-12,14-21,25,31,34,41,43,51H,13,22-24,27-30H2,1-4H3/t31-,41?,43-/m1/s1. The Kier molecular flexibility index (Phi) is 11.1. The summed E-state index contributed by atoms with van der Waals surface area (Å²) in [5.41, 5.74) is 3.91. The van der Waals surface area contributed by atoms with E-state index in [9.17, 15) is 9.65 Å². The molecule has 3 heterocycles. The van der Waals surface area contributed by atoms with Crippen molar-refractivity contribution in [1.82, 2.24) is 14.8 Å². The maximum atomic E-state index is 16.9. The topological polar surface area (TPSA) is 55.3 Å². The molecule has 0 spiro atoms. The number of benzene rings is 4. The number of rotatable bonds is 13. The van der Waals surface area contributed by atoms with Crippen LogP contribution in [0, 0.1) is 17.2 Å². The van der Waals surface area contributed by atoms with Crippen molar-refractivity contribution in [2.75, 3.05) is 39.5 Å². The van der Waals surface area contributed by atoms with Gasteiger partial charge in [-0.15, -0.1) is 0 Å². The summed E-state index contributed by atoms with van der Waals surface area (Å²) in [5, 5.41) is 12.9. The molecule has 1 fully saturated rings. The molecule has 10 heteroatoms. The van der Waals surface area contributed by atoms with E-state index < -0.39 is 51.3 Å². The van der Waals surface area contributed by atoms with Gasteiger partial charge in [0, 0.05) is 48.2 Å². The fraction of sp³-hybridized carbons (Fsp3) is 0.400. The van der Waals surface area contributed by atoms with Gasteiger partial charge in [0.15, 0.2) is 0 Å². The lowest BCUT2D eigenvalue weighted by Gasteiger charge is -2.45. The van der Waals surface area contributed by atoms with Gasteiger partial charge < -0.3 is 14.3 Å². The summed E-state index contributed by atoms with van der Waals surface area (Å²) in [7, 11) is -3.26. The lowest BCUT2D eigenvalue weighted by molar-refractivity contribution is -0.0821. The number of likely N-dealkylation sites (tertiary alicyclic amines) is 1. The number of nitrogens with zero attached hydrogens (tertiary/aromatic N) is 3. The predicted octanol–water partition coefficient (Wildman–Crippen LogP) is 8.89. The van der Waals surface area contributed by atoms with E-state index in [1.54, 1.807) is 23.1 Å². The van der Waals surface area contributed by atoms with Gasteiger partial charge in [0.2, 0.25) is 0 Å². The van der Waals surface area contributed by atoms with Crippen molar-refractivity contribution in [3.05, 3.63) is 131 Å². The lowest BCUT2D eigenvalue weighted by Crippen LogP contribution is -2.67. The van der Waals surface area contributed by atoms with Crippen LogP contribution in [0.5, 0.6) is 0 Å². The van der Waals surface area contributed by atoms with Gasteiger partial charge in [-0.3, -0.25) is 9.29 Å². The van der Waals surface area contributed by atoms with Crippen LogP contribution in [0.25, 0.3) is 10.9 Å². The number of para-hydroxylation sites is 1. The van der Waals surface area contributed by atoms with Crippen molar-refractivity contribution >= 4 is 29.6 Å². The van der Waals surface area contributed by atoms with Gasteiger partial charge in [0.25, 0.3) is 14.2 Å². The van der Waals surface area contributed by atoms with Crippen LogP contribution in [-0.2, 0) is 10.8 Å². The number of aromatic amines is 1. The fourth-order valence-corrected chi connectivity index (χ4v) is 13.6. The van der Waals surface area contributed by atoms with Crippen LogP contribution < -0.4 is 10.4 Å². The molecule has 0 aliphatic carbocycles. The van der Waals surface area contributed by atoms with Crippen molar-refractivity contribution in [3.63, 3.8) is 0 Å². The van der Waals surface area contributed by atoms with E-state index in [4.69, 9.17) is 4.43 Å². The molecule has 2 aliphatic rings. The molecule has 1 unspecified atom stereocenters. The number of alkyl halides is 4. The second-order valence-corrected chi connectivity index (χ2v) is 20.7. The molecule has 0 radical (unpaired) electrons. The number of halogens is 4. The monoisotopic (exact) mass is 766 g/mol. The van der Waals surface area contributed by atoms with Crippen molar-refractivity contribution in [1.29, 1.82) is 5.26 Å². The SMILES string of the molecule is C[C@@H]1Cc2c([nH]c3ccccc23)[C@@H](c2ccc(C(F)C3CN(CCCF)C3)cc2C#N)N1CC(F)(F)CO[Si](c1ccccc1)(c1ccccc1)C(C)(C)C. The Morgan fingerprint density at radius 2 is 1.56 bits per heavy atom. The lowest BCUT2D eigenvalue weighted by atomic mass is 9.84. The molecule has 1 N–H and O–H groups in total. The van der Waals surface area contributed by atoms with Gasteiger partial charge in [0.1, 0.15) is 6.17 Å². The number of nitriles is 1. The number of aromatic nitrogens is 1. The molecule has 1 aromatic heterocycles. The van der Waals surface area contributed by atoms with Crippen LogP contribution in [0.1, 0.15) is 74.3 Å². The molecule has 0 amide bonds. The molecule has 2 aliphatic heterocycles. The molecule has 5 nitrogen and oxygen atoms in total. The molecular weight excluding hydrogens is 717 g/mol. The smallest absolute Gasteiger partial charge is 0.282 e. The normalized spacial score (nSPS) is 19.2. The molecule has 288 valence electrons. The Hall–Kier alpha value is -4.27. The fourth-order valence-electron chi connectivity index (χ4n) is 8.99. The third-order valence-corrected chi connectivity index (χ3v) is 16.6. The first-order valence-electron chi connectivity index (χ1n) is 19.3. The second-order valence-electron chi connectivity index (χ2n) is 16.4. The third-order valence-electron chi connectivity index (χ3n) is 11.7. The van der Waals surface area contributed by atoms with Gasteiger partial charge >= 0.3 is 0 Å². The van der Waals surface area contributed by atoms with Crippen LogP contribution >= 0.6 is 0 Å². The molecule has 0 bridgehead atoms. The highest BCUT2D eigenvalue weighted by molar-refractivity contribution is 6.99. The van der Waals surface area contributed by atoms with E-state index in [0.29, 0.717) is 43.6 Å². The molecule has 55 heavy (non-hydrogen) atoms. The summed E-state index contributed by atoms with van der Waals surface area (Å²) < 4.78 is 69.1. The summed E-state index contributed by atoms with van der Waals surface area (Å²) in [6, 6.07) is 33.8. The maximum Gasteiger partial charge on any atom is 0.282 e. The number of fused-ring (bicyclic) bond motifs is 3. The first-order chi connectivity index (χ1) is 26.4. The number of hydrogen-bond donors (Lipinski definition) is 1. The van der Waals surface area contributed by atoms with Crippen molar-refractivity contribution < 1.29 is 22.0 Å². The Balaban J connectivity index is 1.24. The minimum absolute atomic E-state index is 0.252. The van der Waals surface area contributed by atoms with Crippen LogP contribution in [0.3, 0.4) is 0 Å². The molecule has 0 saturated carbocycles. The average Bonchev–Trinajstić information content (AvgIpc) is 3.52. The predicted molar refractivity (Wildman–Crippen MR) is 214 cm³/mol. The van der Waals surface area contributed by atoms with Gasteiger partial charge in [-0.25, -0.2) is 13.2 Å². The zero-order valence-electron chi connectivity index (χ0n) is 32.0. The maximum absolute atomic E-state index is 16.9. The quantitative estimate of drug-likeness (QED) is 0.0962. The zero-order chi connectivity index (χ0) is 39.0. The number of nitrogens with one attached hydrogen (secondary N) is 1.